The highest BCUT2D eigenvalue weighted by Crippen LogP contribution is 2.23. The fraction of sp³-hybridized carbons (Fsp3) is 0.750. The maximum atomic E-state index is 4.81. The lowest BCUT2D eigenvalue weighted by Crippen LogP contribution is -2.40. The number of nitrogens with zero attached hydrogens (tertiary/aromatic N) is 3. The van der Waals surface area contributed by atoms with E-state index in [1.807, 2.05) is 5.51 Å². The number of likely N-dealkylation sites (tertiary alicyclic amines) is 1. The maximum Gasteiger partial charge on any atom is 0.194 e. The van der Waals surface area contributed by atoms with E-state index in [9.17, 15) is 0 Å². The van der Waals surface area contributed by atoms with Gasteiger partial charge in [-0.1, -0.05) is 13.8 Å². The van der Waals surface area contributed by atoms with Crippen LogP contribution >= 0.6 is 35.3 Å². The molecule has 0 saturated carbocycles. The Kier molecular flexibility index (Phi) is 8.67. The minimum Gasteiger partial charge on any atom is -0.357 e. The summed E-state index contributed by atoms with van der Waals surface area (Å²) in [6.45, 7) is 12.8. The molecule has 6 heteroatoms. The molecule has 1 aliphatic rings. The van der Waals surface area contributed by atoms with E-state index < -0.39 is 0 Å². The van der Waals surface area contributed by atoms with Crippen LogP contribution in [0.25, 0.3) is 0 Å². The van der Waals surface area contributed by atoms with Crippen LogP contribution in [0.5, 0.6) is 0 Å². The zero-order valence-corrected chi connectivity index (χ0v) is 17.3. The van der Waals surface area contributed by atoms with Crippen LogP contribution < -0.4 is 5.32 Å². The standard InChI is InChI=1S/C16H28N4S.HI/c1-5-17-16(18-9-15-13(4)19-11-21-15)20-7-6-14(10-20)8-12(2)3;/h11-12,14H,5-10H2,1-4H3,(H,17,18);1H. The Morgan fingerprint density at radius 1 is 1.55 bits per heavy atom. The van der Waals surface area contributed by atoms with Crippen LogP contribution in [0.1, 0.15) is 44.2 Å². The molecule has 0 spiro atoms. The van der Waals surface area contributed by atoms with Crippen molar-refractivity contribution in [3.8, 4) is 0 Å². The smallest absolute Gasteiger partial charge is 0.194 e. The molecule has 22 heavy (non-hydrogen) atoms. The van der Waals surface area contributed by atoms with Gasteiger partial charge >= 0.3 is 0 Å². The number of nitrogens with one attached hydrogen (secondary N) is 1. The lowest BCUT2D eigenvalue weighted by atomic mass is 9.97. The van der Waals surface area contributed by atoms with Gasteiger partial charge in [-0.05, 0) is 38.5 Å². The SMILES string of the molecule is CCNC(=NCc1scnc1C)N1CCC(CC(C)C)C1.I. The Hall–Kier alpha value is -0.370. The molecule has 0 radical (unpaired) electrons. The lowest BCUT2D eigenvalue weighted by molar-refractivity contribution is 0.403. The minimum absolute atomic E-state index is 0. The molecule has 1 N–H and O–H groups in total. The van der Waals surface area contributed by atoms with Crippen molar-refractivity contribution in [2.45, 2.75) is 47.1 Å². The number of aromatic nitrogens is 1. The quantitative estimate of drug-likeness (QED) is 0.433. The van der Waals surface area contributed by atoms with Crippen molar-refractivity contribution in [3.63, 3.8) is 0 Å². The summed E-state index contributed by atoms with van der Waals surface area (Å²) in [5.74, 6) is 2.67. The Bertz CT molecular complexity index is 472. The van der Waals surface area contributed by atoms with Gasteiger partial charge in [0.1, 0.15) is 0 Å². The molecule has 1 fully saturated rings. The maximum absolute atomic E-state index is 4.81. The van der Waals surface area contributed by atoms with Crippen LogP contribution in [-0.4, -0.2) is 35.5 Å². The molecular formula is C16H29IN4S. The molecule has 1 unspecified atom stereocenters. The molecule has 1 aliphatic heterocycles. The van der Waals surface area contributed by atoms with Crippen molar-refractivity contribution in [1.29, 1.82) is 0 Å². The molecular weight excluding hydrogens is 407 g/mol. The molecule has 1 aromatic rings. The number of thiazole rings is 1. The Labute approximate surface area is 155 Å². The summed E-state index contributed by atoms with van der Waals surface area (Å²) < 4.78 is 0. The minimum atomic E-state index is 0. The van der Waals surface area contributed by atoms with Crippen LogP contribution in [0.15, 0.2) is 10.5 Å². The predicted molar refractivity (Wildman–Crippen MR) is 106 cm³/mol. The predicted octanol–water partition coefficient (Wildman–Crippen LogP) is 3.90. The summed E-state index contributed by atoms with van der Waals surface area (Å²) >= 11 is 1.70. The largest absolute Gasteiger partial charge is 0.357 e. The number of guanidine groups is 1. The van der Waals surface area contributed by atoms with E-state index in [0.717, 1.165) is 49.7 Å². The molecule has 0 amide bonds. The molecule has 1 aromatic heterocycles. The first-order valence-corrected chi connectivity index (χ1v) is 8.90. The van der Waals surface area contributed by atoms with Gasteiger partial charge in [-0.15, -0.1) is 35.3 Å². The van der Waals surface area contributed by atoms with Gasteiger partial charge in [0.05, 0.1) is 17.7 Å². The second-order valence-electron chi connectivity index (χ2n) is 6.26. The molecule has 0 aromatic carbocycles. The summed E-state index contributed by atoms with van der Waals surface area (Å²) in [6.07, 6.45) is 2.62. The van der Waals surface area contributed by atoms with E-state index in [2.05, 4.69) is 42.9 Å². The summed E-state index contributed by atoms with van der Waals surface area (Å²) in [5, 5.41) is 3.44. The first-order valence-electron chi connectivity index (χ1n) is 8.02. The van der Waals surface area contributed by atoms with E-state index in [1.165, 1.54) is 17.7 Å². The topological polar surface area (TPSA) is 40.5 Å². The van der Waals surface area contributed by atoms with Gasteiger partial charge < -0.3 is 10.2 Å². The third-order valence-electron chi connectivity index (χ3n) is 3.94. The number of halogens is 1. The van der Waals surface area contributed by atoms with Crippen molar-refractivity contribution in [2.24, 2.45) is 16.8 Å². The van der Waals surface area contributed by atoms with Crippen LogP contribution in [0.2, 0.25) is 0 Å². The van der Waals surface area contributed by atoms with Crippen LogP contribution in [0, 0.1) is 18.8 Å². The van der Waals surface area contributed by atoms with Gasteiger partial charge in [-0.2, -0.15) is 0 Å². The van der Waals surface area contributed by atoms with Crippen LogP contribution in [0.4, 0.5) is 0 Å². The van der Waals surface area contributed by atoms with E-state index in [4.69, 9.17) is 4.99 Å². The molecule has 126 valence electrons. The highest BCUT2D eigenvalue weighted by Gasteiger charge is 2.25. The van der Waals surface area contributed by atoms with Gasteiger partial charge in [-0.3, -0.25) is 0 Å². The van der Waals surface area contributed by atoms with Gasteiger partial charge in [0.15, 0.2) is 5.96 Å². The van der Waals surface area contributed by atoms with Gasteiger partial charge in [0.2, 0.25) is 0 Å². The zero-order chi connectivity index (χ0) is 15.2. The molecule has 2 heterocycles. The van der Waals surface area contributed by atoms with Crippen molar-refractivity contribution < 1.29 is 0 Å². The molecule has 4 nitrogen and oxygen atoms in total. The van der Waals surface area contributed by atoms with E-state index in [0.29, 0.717) is 0 Å². The monoisotopic (exact) mass is 436 g/mol. The summed E-state index contributed by atoms with van der Waals surface area (Å²) in [7, 11) is 0. The van der Waals surface area contributed by atoms with Crippen molar-refractivity contribution in [1.82, 2.24) is 15.2 Å². The van der Waals surface area contributed by atoms with Crippen molar-refractivity contribution in [3.05, 3.63) is 16.1 Å². The number of hydrogen-bond acceptors (Lipinski definition) is 3. The van der Waals surface area contributed by atoms with Crippen LogP contribution in [-0.2, 0) is 6.54 Å². The zero-order valence-electron chi connectivity index (χ0n) is 14.1. The van der Waals surface area contributed by atoms with E-state index in [-0.39, 0.29) is 24.0 Å². The third-order valence-corrected chi connectivity index (χ3v) is 4.86. The van der Waals surface area contributed by atoms with Gasteiger partial charge in [0, 0.05) is 24.5 Å². The number of hydrogen-bond donors (Lipinski definition) is 1. The Balaban J connectivity index is 0.00000242. The first kappa shape index (κ1) is 19.7. The fourth-order valence-corrected chi connectivity index (χ4v) is 3.63. The van der Waals surface area contributed by atoms with Crippen LogP contribution in [0.3, 0.4) is 0 Å². The highest BCUT2D eigenvalue weighted by atomic mass is 127. The summed E-state index contributed by atoms with van der Waals surface area (Å²) in [6, 6.07) is 0. The number of rotatable bonds is 5. The lowest BCUT2D eigenvalue weighted by Gasteiger charge is -2.22. The van der Waals surface area contributed by atoms with Gasteiger partial charge in [0.25, 0.3) is 0 Å². The number of aliphatic imine (C=N–C) groups is 1. The molecule has 0 aliphatic carbocycles. The van der Waals surface area contributed by atoms with Crippen molar-refractivity contribution >= 4 is 41.3 Å². The molecule has 0 bridgehead atoms. The Morgan fingerprint density at radius 2 is 2.32 bits per heavy atom. The van der Waals surface area contributed by atoms with Gasteiger partial charge in [-0.25, -0.2) is 9.98 Å². The average Bonchev–Trinajstić information content (AvgIpc) is 3.03. The second-order valence-corrected chi connectivity index (χ2v) is 7.20. The highest BCUT2D eigenvalue weighted by molar-refractivity contribution is 14.0. The molecule has 1 atom stereocenters. The van der Waals surface area contributed by atoms with E-state index in [1.54, 1.807) is 11.3 Å². The molecule has 1 saturated heterocycles. The van der Waals surface area contributed by atoms with Crippen molar-refractivity contribution in [2.75, 3.05) is 19.6 Å². The third kappa shape index (κ3) is 5.68. The summed E-state index contributed by atoms with van der Waals surface area (Å²) in [5.41, 5.74) is 3.01. The summed E-state index contributed by atoms with van der Waals surface area (Å²) in [4.78, 5) is 12.8. The normalized spacial score (nSPS) is 18.7. The number of aryl methyl sites for hydroxylation is 1. The Morgan fingerprint density at radius 3 is 2.91 bits per heavy atom. The average molecular weight is 436 g/mol. The fourth-order valence-electron chi connectivity index (χ4n) is 2.93. The van der Waals surface area contributed by atoms with E-state index >= 15 is 0 Å². The second kappa shape index (κ2) is 9.70. The first-order chi connectivity index (χ1) is 10.1. The molecule has 2 rings (SSSR count).